The average Bonchev–Trinajstić information content (AvgIpc) is 2.49. The molecule has 0 heterocycles. The zero-order valence-corrected chi connectivity index (χ0v) is 13.4. The van der Waals surface area contributed by atoms with Crippen molar-refractivity contribution in [3.8, 4) is 23.0 Å². The van der Waals surface area contributed by atoms with Gasteiger partial charge >= 0.3 is 0 Å². The Morgan fingerprint density at radius 1 is 1.00 bits per heavy atom. The summed E-state index contributed by atoms with van der Waals surface area (Å²) >= 11 is 4.71. The van der Waals surface area contributed by atoms with Gasteiger partial charge in [-0.2, -0.15) is 5.10 Å². The second-order valence-electron chi connectivity index (χ2n) is 5.06. The maximum Gasteiger partial charge on any atom is 0.184 e. The lowest BCUT2D eigenvalue weighted by Crippen LogP contribution is -2.26. The van der Waals surface area contributed by atoms with Crippen LogP contribution in [-0.4, -0.2) is 31.3 Å². The van der Waals surface area contributed by atoms with Crippen LogP contribution in [0.4, 0.5) is 0 Å². The van der Waals surface area contributed by atoms with E-state index in [-0.39, 0.29) is 33.7 Å². The number of nitrogens with one attached hydrogen (secondary N) is 1. The van der Waals surface area contributed by atoms with Gasteiger partial charge in [0, 0.05) is 12.1 Å². The van der Waals surface area contributed by atoms with Crippen LogP contribution in [0.1, 0.15) is 17.5 Å². The summed E-state index contributed by atoms with van der Waals surface area (Å²) in [6.45, 7) is 0. The molecule has 8 heteroatoms. The number of nitrogens with zero attached hydrogens (tertiary/aromatic N) is 1. The Balaban J connectivity index is 2.30. The van der Waals surface area contributed by atoms with Gasteiger partial charge in [0.1, 0.15) is 23.0 Å². The summed E-state index contributed by atoms with van der Waals surface area (Å²) in [5.41, 5.74) is 9.11. The molecule has 7 nitrogen and oxygen atoms in total. The highest BCUT2D eigenvalue weighted by molar-refractivity contribution is 7.80. The zero-order chi connectivity index (χ0) is 17.7. The van der Waals surface area contributed by atoms with Gasteiger partial charge in [-0.05, 0) is 42.8 Å². The number of nitrogens with two attached hydrogens (primary N) is 1. The van der Waals surface area contributed by atoms with Gasteiger partial charge in [-0.25, -0.2) is 0 Å². The van der Waals surface area contributed by atoms with Crippen molar-refractivity contribution >= 4 is 23.0 Å². The molecule has 0 aliphatic carbocycles. The van der Waals surface area contributed by atoms with Crippen LogP contribution in [0.5, 0.6) is 23.0 Å². The monoisotopic (exact) mass is 347 g/mol. The van der Waals surface area contributed by atoms with Crippen LogP contribution >= 0.6 is 12.2 Å². The minimum atomic E-state index is -0.318. The molecule has 0 saturated heterocycles. The maximum atomic E-state index is 10.0. The Bertz CT molecular complexity index is 752. The summed E-state index contributed by atoms with van der Waals surface area (Å²) in [5.74, 6) is -0.742. The third kappa shape index (κ3) is 4.50. The molecule has 24 heavy (non-hydrogen) atoms. The highest BCUT2D eigenvalue weighted by Crippen LogP contribution is 2.33. The molecule has 0 spiro atoms. The Kier molecular flexibility index (Phi) is 5.43. The first-order chi connectivity index (χ1) is 11.4. The van der Waals surface area contributed by atoms with Crippen LogP contribution in [0.15, 0.2) is 41.5 Å². The van der Waals surface area contributed by atoms with Gasteiger partial charge in [0.05, 0.1) is 11.3 Å². The van der Waals surface area contributed by atoms with E-state index in [9.17, 15) is 20.4 Å². The molecule has 0 aromatic heterocycles. The Hall–Kier alpha value is -3.00. The summed E-state index contributed by atoms with van der Waals surface area (Å²) in [6, 6.07) is 8.84. The second-order valence-corrected chi connectivity index (χ2v) is 5.50. The highest BCUT2D eigenvalue weighted by atomic mass is 32.1. The van der Waals surface area contributed by atoms with Crippen LogP contribution < -0.4 is 11.2 Å². The molecular weight excluding hydrogens is 330 g/mol. The largest absolute Gasteiger partial charge is 0.508 e. The lowest BCUT2D eigenvalue weighted by atomic mass is 10.00. The summed E-state index contributed by atoms with van der Waals surface area (Å²) in [5, 5.41) is 42.7. The molecule has 0 fully saturated rings. The van der Waals surface area contributed by atoms with E-state index in [1.165, 1.54) is 0 Å². The number of rotatable bonds is 5. The molecule has 0 amide bonds. The number of phenolic OH excluding ortho intramolecular Hbond substituents is 4. The molecular formula is C16H17N3O4S. The normalized spacial score (nSPS) is 11.2. The molecule has 0 bridgehead atoms. The standard InChI is InChI=1S/C16H17N3O4S/c17-16(24)19-18-12(6-3-9-1-4-10(20)5-2-9)15-13(22)7-11(21)8-14(15)23/h1-2,4-5,7-8,20-23H,3,6H2,(H3,17,19,24). The quantitative estimate of drug-likeness (QED) is 0.275. The van der Waals surface area contributed by atoms with E-state index < -0.39 is 0 Å². The fourth-order valence-electron chi connectivity index (χ4n) is 2.18. The van der Waals surface area contributed by atoms with E-state index in [1.807, 2.05) is 0 Å². The first-order valence-electron chi connectivity index (χ1n) is 7.02. The molecule has 0 aliphatic heterocycles. The molecule has 0 radical (unpaired) electrons. The molecule has 2 aromatic rings. The maximum absolute atomic E-state index is 10.0. The smallest absolute Gasteiger partial charge is 0.184 e. The van der Waals surface area contributed by atoms with Crippen molar-refractivity contribution in [2.75, 3.05) is 0 Å². The van der Waals surface area contributed by atoms with Gasteiger partial charge in [0.25, 0.3) is 0 Å². The van der Waals surface area contributed by atoms with Crippen molar-refractivity contribution in [3.63, 3.8) is 0 Å². The van der Waals surface area contributed by atoms with E-state index in [4.69, 9.17) is 18.0 Å². The van der Waals surface area contributed by atoms with Crippen molar-refractivity contribution < 1.29 is 20.4 Å². The zero-order valence-electron chi connectivity index (χ0n) is 12.6. The molecule has 0 aliphatic rings. The van der Waals surface area contributed by atoms with Crippen LogP contribution in [0.3, 0.4) is 0 Å². The number of thiocarbonyl (C=S) groups is 1. The first-order valence-corrected chi connectivity index (χ1v) is 7.43. The van der Waals surface area contributed by atoms with Crippen molar-refractivity contribution in [2.24, 2.45) is 10.8 Å². The van der Waals surface area contributed by atoms with Crippen molar-refractivity contribution in [3.05, 3.63) is 47.5 Å². The topological polar surface area (TPSA) is 131 Å². The Morgan fingerprint density at radius 3 is 2.12 bits per heavy atom. The number of benzene rings is 2. The summed E-state index contributed by atoms with van der Waals surface area (Å²) in [7, 11) is 0. The van der Waals surface area contributed by atoms with Gasteiger partial charge < -0.3 is 26.2 Å². The van der Waals surface area contributed by atoms with E-state index >= 15 is 0 Å². The molecule has 7 N–H and O–H groups in total. The minimum Gasteiger partial charge on any atom is -0.508 e. The van der Waals surface area contributed by atoms with Gasteiger partial charge in [-0.1, -0.05) is 12.1 Å². The lowest BCUT2D eigenvalue weighted by Gasteiger charge is -2.12. The van der Waals surface area contributed by atoms with Crippen molar-refractivity contribution in [1.29, 1.82) is 0 Å². The predicted octanol–water partition coefficient (Wildman–Crippen LogP) is 1.68. The molecule has 0 atom stereocenters. The molecule has 2 rings (SSSR count). The highest BCUT2D eigenvalue weighted by Gasteiger charge is 2.16. The second kappa shape index (κ2) is 7.51. The van der Waals surface area contributed by atoms with Gasteiger partial charge in [0.15, 0.2) is 5.11 Å². The number of hydrazone groups is 1. The molecule has 0 saturated carbocycles. The van der Waals surface area contributed by atoms with Crippen LogP contribution in [0, 0.1) is 0 Å². The number of aryl methyl sites for hydroxylation is 1. The SMILES string of the molecule is NC(=S)NN=C(CCc1ccc(O)cc1)c1c(O)cc(O)cc1O. The van der Waals surface area contributed by atoms with E-state index in [1.54, 1.807) is 24.3 Å². The average molecular weight is 347 g/mol. The molecule has 2 aromatic carbocycles. The van der Waals surface area contributed by atoms with Crippen LogP contribution in [0.2, 0.25) is 0 Å². The van der Waals surface area contributed by atoms with E-state index in [0.717, 1.165) is 17.7 Å². The summed E-state index contributed by atoms with van der Waals surface area (Å²) in [4.78, 5) is 0. The summed E-state index contributed by atoms with van der Waals surface area (Å²) in [6.07, 6.45) is 0.865. The molecule has 0 unspecified atom stereocenters. The number of hydrogen-bond donors (Lipinski definition) is 6. The third-order valence-corrected chi connectivity index (χ3v) is 3.35. The van der Waals surface area contributed by atoms with Crippen molar-refractivity contribution in [2.45, 2.75) is 12.8 Å². The molecule has 126 valence electrons. The minimum absolute atomic E-state index is 0.0603. The fraction of sp³-hybridized carbons (Fsp3) is 0.125. The third-order valence-electron chi connectivity index (χ3n) is 3.26. The van der Waals surface area contributed by atoms with Gasteiger partial charge in [-0.3, -0.25) is 5.43 Å². The number of phenols is 4. The number of aromatic hydroxyl groups is 4. The number of hydrogen-bond acceptors (Lipinski definition) is 6. The first kappa shape index (κ1) is 17.4. The van der Waals surface area contributed by atoms with Crippen LogP contribution in [-0.2, 0) is 6.42 Å². The Morgan fingerprint density at radius 2 is 1.58 bits per heavy atom. The predicted molar refractivity (Wildman–Crippen MR) is 94.3 cm³/mol. The summed E-state index contributed by atoms with van der Waals surface area (Å²) < 4.78 is 0. The van der Waals surface area contributed by atoms with Gasteiger partial charge in [0.2, 0.25) is 0 Å². The van der Waals surface area contributed by atoms with E-state index in [2.05, 4.69) is 10.5 Å². The fourth-order valence-corrected chi connectivity index (χ4v) is 2.22. The van der Waals surface area contributed by atoms with Crippen molar-refractivity contribution in [1.82, 2.24) is 5.43 Å². The van der Waals surface area contributed by atoms with E-state index in [0.29, 0.717) is 18.6 Å². The Labute approximate surface area is 143 Å². The van der Waals surface area contributed by atoms with Crippen LogP contribution in [0.25, 0.3) is 0 Å². The lowest BCUT2D eigenvalue weighted by molar-refractivity contribution is 0.426. The van der Waals surface area contributed by atoms with Gasteiger partial charge in [-0.15, -0.1) is 0 Å².